The third-order valence-corrected chi connectivity index (χ3v) is 11.7. The van der Waals surface area contributed by atoms with Gasteiger partial charge in [0.05, 0.1) is 12.2 Å². The van der Waals surface area contributed by atoms with E-state index >= 15 is 0 Å². The van der Waals surface area contributed by atoms with Crippen molar-refractivity contribution in [2.45, 2.75) is 130 Å². The average Bonchev–Trinajstić information content (AvgIpc) is 3.22. The summed E-state index contributed by atoms with van der Waals surface area (Å²) in [5.74, 6) is 0.516. The molecular formula is C60H76O4Zr. The van der Waals surface area contributed by atoms with Crippen LogP contribution in [0.5, 0.6) is 11.5 Å². The van der Waals surface area contributed by atoms with E-state index in [1.807, 2.05) is 97.1 Å². The Morgan fingerprint density at radius 1 is 0.415 bits per heavy atom. The fraction of sp³-hybridized carbons (Fsp3) is 0.367. The van der Waals surface area contributed by atoms with E-state index in [1.54, 1.807) is 14.2 Å². The molecule has 0 aliphatic carbocycles. The minimum atomic E-state index is -0.369. The van der Waals surface area contributed by atoms with Crippen molar-refractivity contribution in [3.63, 3.8) is 0 Å². The monoisotopic (exact) mass is 950 g/mol. The molecule has 344 valence electrons. The van der Waals surface area contributed by atoms with E-state index in [1.165, 1.54) is 22.3 Å². The molecule has 0 saturated heterocycles. The van der Waals surface area contributed by atoms with Crippen LogP contribution in [0.1, 0.15) is 128 Å². The number of benzene rings is 6. The molecule has 0 bridgehead atoms. The van der Waals surface area contributed by atoms with Crippen LogP contribution in [0, 0.1) is 13.8 Å². The van der Waals surface area contributed by atoms with Gasteiger partial charge in [0.15, 0.2) is 0 Å². The molecule has 6 rings (SSSR count). The first-order valence-electron chi connectivity index (χ1n) is 22.6. The fourth-order valence-electron chi connectivity index (χ4n) is 7.40. The molecule has 5 heteroatoms. The maximum Gasteiger partial charge on any atom is 2.00 e. The zero-order valence-corrected chi connectivity index (χ0v) is 44.4. The molecular weight excluding hydrogens is 876 g/mol. The molecule has 0 radical (unpaired) electrons. The Hall–Kier alpha value is -4.54. The van der Waals surface area contributed by atoms with E-state index < -0.39 is 0 Å². The molecule has 0 aliphatic rings. The van der Waals surface area contributed by atoms with E-state index in [0.29, 0.717) is 12.8 Å². The summed E-state index contributed by atoms with van der Waals surface area (Å²) >= 11 is 0. The number of methoxy groups -OCH3 is 2. The second-order valence-corrected chi connectivity index (χ2v) is 21.2. The van der Waals surface area contributed by atoms with Gasteiger partial charge in [-0.15, -0.1) is 24.3 Å². The number of para-hydroxylation sites is 2. The van der Waals surface area contributed by atoms with E-state index in [2.05, 4.69) is 133 Å². The summed E-state index contributed by atoms with van der Waals surface area (Å²) in [6, 6.07) is 45.1. The van der Waals surface area contributed by atoms with E-state index in [9.17, 15) is 10.2 Å². The predicted octanol–water partition coefficient (Wildman–Crippen LogP) is 15.2. The van der Waals surface area contributed by atoms with Crippen LogP contribution in [0.3, 0.4) is 0 Å². The number of hydrogen-bond donors (Lipinski definition) is 2. The molecule has 2 atom stereocenters. The first-order valence-corrected chi connectivity index (χ1v) is 22.6. The molecule has 0 spiro atoms. The van der Waals surface area contributed by atoms with Crippen molar-refractivity contribution in [1.29, 1.82) is 0 Å². The van der Waals surface area contributed by atoms with Gasteiger partial charge < -0.3 is 19.7 Å². The van der Waals surface area contributed by atoms with Gasteiger partial charge in [-0.25, -0.2) is 0 Å². The zero-order valence-electron chi connectivity index (χ0n) is 41.9. The minimum Gasteiger partial charge on any atom is -0.507 e. The standard InChI is InChI=1S/C46H62O4.2C7H7.Zr/c1-43(2,3)33-21-31(22-34(27-33)44(4,5)6)37-19-15-17-29(41(37)47)25-39(49-13)40(50-14)26-30-18-16-20-38(42(30)48)32-23-35(45(7,8)9)28-36(24-32)46(10,11)12;2*1-7-5-3-2-4-6-7;/h15-24,27-28,39-40,47-48H,25-26H2,1-14H3;2*2-6H,1H2;/q;2*-1;+2. The van der Waals surface area contributed by atoms with Crippen LogP contribution in [0.15, 0.2) is 133 Å². The molecule has 6 aromatic rings. The summed E-state index contributed by atoms with van der Waals surface area (Å²) in [4.78, 5) is 0. The van der Waals surface area contributed by atoms with Crippen molar-refractivity contribution in [2.75, 3.05) is 14.2 Å². The second kappa shape index (κ2) is 23.3. The molecule has 0 aliphatic heterocycles. The quantitative estimate of drug-likeness (QED) is 0.142. The Balaban J connectivity index is 0.000000632. The van der Waals surface area contributed by atoms with Crippen molar-refractivity contribution in [1.82, 2.24) is 0 Å². The smallest absolute Gasteiger partial charge is 0.507 e. The molecule has 0 saturated carbocycles. The molecule has 2 unspecified atom stereocenters. The van der Waals surface area contributed by atoms with Crippen LogP contribution in [0.2, 0.25) is 0 Å². The normalized spacial score (nSPS) is 12.7. The summed E-state index contributed by atoms with van der Waals surface area (Å²) in [6.07, 6.45) is 0.157. The average molecular weight is 952 g/mol. The van der Waals surface area contributed by atoms with Crippen LogP contribution in [-0.4, -0.2) is 36.6 Å². The SMILES string of the molecule is COC(Cc1cccc(-c2cc(C(C)(C)C)cc(C(C)(C)C)c2)c1O)C(Cc1cccc(-c2cc(C(C)(C)C)cc(C(C)(C)C)c2)c1O)OC.[CH2-]c1ccccc1.[CH2-]c1ccccc1.[Zr+2]. The topological polar surface area (TPSA) is 58.9 Å². The Labute approximate surface area is 413 Å². The van der Waals surface area contributed by atoms with Crippen molar-refractivity contribution in [3.05, 3.63) is 192 Å². The molecule has 0 aromatic heterocycles. The summed E-state index contributed by atoms with van der Waals surface area (Å²) in [5, 5.41) is 23.5. The Morgan fingerprint density at radius 2 is 0.692 bits per heavy atom. The number of hydrogen-bond acceptors (Lipinski definition) is 4. The maximum atomic E-state index is 11.7. The van der Waals surface area contributed by atoms with Gasteiger partial charge in [-0.1, -0.05) is 168 Å². The Kier molecular flexibility index (Phi) is 19.6. The maximum absolute atomic E-state index is 11.7. The van der Waals surface area contributed by atoms with E-state index in [-0.39, 0.29) is 71.6 Å². The van der Waals surface area contributed by atoms with Gasteiger partial charge in [0.2, 0.25) is 0 Å². The minimum absolute atomic E-state index is 0. The number of ether oxygens (including phenoxy) is 2. The predicted molar refractivity (Wildman–Crippen MR) is 273 cm³/mol. The molecule has 0 fully saturated rings. The van der Waals surface area contributed by atoms with Gasteiger partial charge >= 0.3 is 26.2 Å². The summed E-state index contributed by atoms with van der Waals surface area (Å²) in [6.45, 7) is 34.1. The second-order valence-electron chi connectivity index (χ2n) is 21.2. The van der Waals surface area contributed by atoms with Crippen molar-refractivity contribution in [3.8, 4) is 33.8 Å². The summed E-state index contributed by atoms with van der Waals surface area (Å²) in [5.41, 5.74) is 12.1. The van der Waals surface area contributed by atoms with Gasteiger partial charge in [-0.3, -0.25) is 0 Å². The number of phenolic OH excluding ortho intramolecular Hbond substituents is 2. The van der Waals surface area contributed by atoms with E-state index in [0.717, 1.165) is 44.5 Å². The van der Waals surface area contributed by atoms with Gasteiger partial charge in [0.25, 0.3) is 0 Å². The fourth-order valence-corrected chi connectivity index (χ4v) is 7.40. The van der Waals surface area contributed by atoms with Gasteiger partial charge in [0, 0.05) is 38.2 Å². The molecule has 0 amide bonds. The third kappa shape index (κ3) is 15.8. The first-order chi connectivity index (χ1) is 29.8. The van der Waals surface area contributed by atoms with Crippen LogP contribution in [0.25, 0.3) is 22.3 Å². The first kappa shape index (κ1) is 54.8. The van der Waals surface area contributed by atoms with Crippen LogP contribution in [0.4, 0.5) is 0 Å². The molecule has 2 N–H and O–H groups in total. The molecule has 65 heavy (non-hydrogen) atoms. The van der Waals surface area contributed by atoms with Gasteiger partial charge in [-0.05, 0) is 66.2 Å². The van der Waals surface area contributed by atoms with Crippen LogP contribution >= 0.6 is 0 Å². The zero-order chi connectivity index (χ0) is 47.6. The van der Waals surface area contributed by atoms with Gasteiger partial charge in [0.1, 0.15) is 11.5 Å². The van der Waals surface area contributed by atoms with E-state index in [4.69, 9.17) is 9.47 Å². The van der Waals surface area contributed by atoms with Crippen molar-refractivity contribution < 1.29 is 45.9 Å². The number of aromatic hydroxyl groups is 2. The molecule has 0 heterocycles. The van der Waals surface area contributed by atoms with Gasteiger partial charge in [-0.2, -0.15) is 49.2 Å². The molecule has 4 nitrogen and oxygen atoms in total. The van der Waals surface area contributed by atoms with Crippen molar-refractivity contribution >= 4 is 0 Å². The Bertz CT molecular complexity index is 2160. The summed E-state index contributed by atoms with van der Waals surface area (Å²) in [7, 11) is 3.37. The number of rotatable bonds is 9. The largest absolute Gasteiger partial charge is 2.00 e. The van der Waals surface area contributed by atoms with Crippen LogP contribution in [-0.2, 0) is 70.2 Å². The summed E-state index contributed by atoms with van der Waals surface area (Å²) < 4.78 is 12.1. The molecule has 6 aromatic carbocycles. The number of phenols is 2. The van der Waals surface area contributed by atoms with Crippen LogP contribution < -0.4 is 0 Å². The van der Waals surface area contributed by atoms with Crippen molar-refractivity contribution in [2.24, 2.45) is 0 Å². The Morgan fingerprint density at radius 3 is 0.908 bits per heavy atom. The third-order valence-electron chi connectivity index (χ3n) is 11.7.